The smallest absolute Gasteiger partial charge is 0.302 e. The van der Waals surface area contributed by atoms with Crippen LogP contribution < -0.4 is 0 Å². The summed E-state index contributed by atoms with van der Waals surface area (Å²) in [7, 11) is 0. The van der Waals surface area contributed by atoms with Crippen molar-refractivity contribution in [1.29, 1.82) is 0 Å². The van der Waals surface area contributed by atoms with Gasteiger partial charge in [0.05, 0.1) is 12.2 Å². The van der Waals surface area contributed by atoms with E-state index in [0.29, 0.717) is 19.3 Å². The van der Waals surface area contributed by atoms with Crippen LogP contribution in [0.15, 0.2) is 12.2 Å². The van der Waals surface area contributed by atoms with Crippen LogP contribution in [0.3, 0.4) is 0 Å². The fourth-order valence-electron chi connectivity index (χ4n) is 6.09. The van der Waals surface area contributed by atoms with E-state index >= 15 is 0 Å². The SMILES string of the molecule is C=C1C[C@H](OC(C)=O)[C@H]2C(C)(C)CCC[C@]2(C)[C@H]1CC[C@](C)(O)C(O)CO. The predicted molar refractivity (Wildman–Crippen MR) is 105 cm³/mol. The minimum Gasteiger partial charge on any atom is -0.462 e. The van der Waals surface area contributed by atoms with Gasteiger partial charge in [-0.15, -0.1) is 0 Å². The van der Waals surface area contributed by atoms with Crippen molar-refractivity contribution in [3.63, 3.8) is 0 Å². The first kappa shape index (κ1) is 22.4. The molecule has 0 amide bonds. The Morgan fingerprint density at radius 3 is 2.56 bits per heavy atom. The molecule has 0 aromatic heterocycles. The van der Waals surface area contributed by atoms with Gasteiger partial charge in [-0.2, -0.15) is 0 Å². The molecule has 0 heterocycles. The van der Waals surface area contributed by atoms with Gasteiger partial charge in [-0.1, -0.05) is 39.3 Å². The number of carbonyl (C=O) groups excluding carboxylic acids is 1. The Morgan fingerprint density at radius 1 is 1.37 bits per heavy atom. The molecule has 0 aromatic carbocycles. The summed E-state index contributed by atoms with van der Waals surface area (Å²) in [5.74, 6) is 0.168. The molecule has 1 unspecified atom stereocenters. The molecule has 5 heteroatoms. The van der Waals surface area contributed by atoms with Crippen molar-refractivity contribution in [3.8, 4) is 0 Å². The molecule has 0 bridgehead atoms. The molecule has 2 fully saturated rings. The lowest BCUT2D eigenvalue weighted by atomic mass is 9.46. The summed E-state index contributed by atoms with van der Waals surface area (Å²) in [5.41, 5.74) is -0.291. The Balaban J connectivity index is 2.31. The third-order valence-electron chi connectivity index (χ3n) is 7.36. The first-order valence-corrected chi connectivity index (χ1v) is 10.2. The molecular formula is C22H38O5. The second-order valence-corrected chi connectivity index (χ2v) is 9.98. The van der Waals surface area contributed by atoms with Crippen LogP contribution in [0.2, 0.25) is 0 Å². The van der Waals surface area contributed by atoms with Crippen molar-refractivity contribution < 1.29 is 24.9 Å². The Hall–Kier alpha value is -0.910. The molecule has 2 rings (SSSR count). The molecule has 0 radical (unpaired) electrons. The maximum absolute atomic E-state index is 11.7. The average Bonchev–Trinajstić information content (AvgIpc) is 2.51. The highest BCUT2D eigenvalue weighted by molar-refractivity contribution is 5.66. The van der Waals surface area contributed by atoms with E-state index in [9.17, 15) is 20.1 Å². The van der Waals surface area contributed by atoms with E-state index in [1.807, 2.05) is 0 Å². The molecule has 2 aliphatic carbocycles. The molecule has 2 saturated carbocycles. The summed E-state index contributed by atoms with van der Waals surface area (Å²) in [6.45, 7) is 13.7. The Morgan fingerprint density at radius 2 is 2.00 bits per heavy atom. The van der Waals surface area contributed by atoms with E-state index in [2.05, 4.69) is 27.4 Å². The second-order valence-electron chi connectivity index (χ2n) is 9.98. The van der Waals surface area contributed by atoms with E-state index in [-0.39, 0.29) is 34.7 Å². The van der Waals surface area contributed by atoms with Gasteiger partial charge >= 0.3 is 5.97 Å². The van der Waals surface area contributed by atoms with Crippen LogP contribution in [-0.4, -0.2) is 45.7 Å². The van der Waals surface area contributed by atoms with Gasteiger partial charge in [-0.25, -0.2) is 0 Å². The van der Waals surface area contributed by atoms with Crippen molar-refractivity contribution in [2.45, 2.75) is 91.0 Å². The zero-order chi connectivity index (χ0) is 20.6. The molecule has 5 nitrogen and oxygen atoms in total. The molecule has 0 aliphatic heterocycles. The first-order valence-electron chi connectivity index (χ1n) is 10.2. The lowest BCUT2D eigenvalue weighted by Crippen LogP contribution is -2.56. The number of hydrogen-bond acceptors (Lipinski definition) is 5. The maximum Gasteiger partial charge on any atom is 0.302 e. The van der Waals surface area contributed by atoms with Crippen LogP contribution >= 0.6 is 0 Å². The zero-order valence-corrected chi connectivity index (χ0v) is 17.6. The van der Waals surface area contributed by atoms with Crippen LogP contribution in [0, 0.1) is 22.7 Å². The van der Waals surface area contributed by atoms with Crippen LogP contribution in [0.5, 0.6) is 0 Å². The van der Waals surface area contributed by atoms with Crippen molar-refractivity contribution in [1.82, 2.24) is 0 Å². The lowest BCUT2D eigenvalue weighted by molar-refractivity contribution is -0.172. The number of fused-ring (bicyclic) bond motifs is 1. The van der Waals surface area contributed by atoms with Crippen molar-refractivity contribution in [3.05, 3.63) is 12.2 Å². The number of esters is 1. The predicted octanol–water partition coefficient (Wildman–Crippen LogP) is 3.21. The molecule has 0 spiro atoms. The topological polar surface area (TPSA) is 87.0 Å². The van der Waals surface area contributed by atoms with E-state index in [1.165, 1.54) is 6.92 Å². The Kier molecular flexibility index (Phi) is 6.50. The number of rotatable bonds is 6. The molecule has 3 N–H and O–H groups in total. The van der Waals surface area contributed by atoms with Crippen molar-refractivity contribution >= 4 is 5.97 Å². The van der Waals surface area contributed by atoms with Crippen LogP contribution in [-0.2, 0) is 9.53 Å². The van der Waals surface area contributed by atoms with Gasteiger partial charge in [-0.05, 0) is 49.4 Å². The Bertz CT molecular complexity index is 567. The Labute approximate surface area is 163 Å². The van der Waals surface area contributed by atoms with E-state index in [1.54, 1.807) is 6.92 Å². The fourth-order valence-corrected chi connectivity index (χ4v) is 6.09. The summed E-state index contributed by atoms with van der Waals surface area (Å²) in [4.78, 5) is 11.7. The van der Waals surface area contributed by atoms with Gasteiger partial charge in [0.15, 0.2) is 0 Å². The largest absolute Gasteiger partial charge is 0.462 e. The first-order chi connectivity index (χ1) is 12.3. The number of aliphatic hydroxyl groups excluding tert-OH is 2. The van der Waals surface area contributed by atoms with Gasteiger partial charge in [0, 0.05) is 19.3 Å². The molecular weight excluding hydrogens is 344 g/mol. The minimum absolute atomic E-state index is 0.0548. The number of carbonyl (C=O) groups is 1. The van der Waals surface area contributed by atoms with Gasteiger partial charge in [0.1, 0.15) is 12.2 Å². The summed E-state index contributed by atoms with van der Waals surface area (Å²) in [5, 5.41) is 29.7. The highest BCUT2D eigenvalue weighted by atomic mass is 16.5. The van der Waals surface area contributed by atoms with E-state index in [0.717, 1.165) is 24.8 Å². The van der Waals surface area contributed by atoms with Crippen molar-refractivity contribution in [2.24, 2.45) is 22.7 Å². The van der Waals surface area contributed by atoms with Crippen LogP contribution in [0.25, 0.3) is 0 Å². The molecule has 6 atom stereocenters. The normalized spacial score (nSPS) is 36.4. The minimum atomic E-state index is -1.34. The van der Waals surface area contributed by atoms with Crippen LogP contribution in [0.1, 0.15) is 73.1 Å². The quantitative estimate of drug-likeness (QED) is 0.485. The standard InChI is InChI=1S/C22H38O5/c1-14-12-17(27-15(2)24)19-20(3,4)9-7-10-21(19,5)16(14)8-11-22(6,26)18(25)13-23/h16-19,23,25-26H,1,7-13H2,2-6H3/t16-,17-,18?,19-,21+,22-/m0/s1. The van der Waals surface area contributed by atoms with Gasteiger partial charge in [0.25, 0.3) is 0 Å². The third-order valence-corrected chi connectivity index (χ3v) is 7.36. The van der Waals surface area contributed by atoms with Crippen LogP contribution in [0.4, 0.5) is 0 Å². The third kappa shape index (κ3) is 4.41. The number of aliphatic hydroxyl groups is 3. The number of hydrogen-bond donors (Lipinski definition) is 3. The maximum atomic E-state index is 11.7. The van der Waals surface area contributed by atoms with E-state index < -0.39 is 18.3 Å². The van der Waals surface area contributed by atoms with Crippen molar-refractivity contribution in [2.75, 3.05) is 6.61 Å². The fraction of sp³-hybridized carbons (Fsp3) is 0.864. The van der Waals surface area contributed by atoms with Gasteiger partial charge in [0.2, 0.25) is 0 Å². The highest BCUT2D eigenvalue weighted by Crippen LogP contribution is 2.62. The molecule has 27 heavy (non-hydrogen) atoms. The van der Waals surface area contributed by atoms with E-state index in [4.69, 9.17) is 4.74 Å². The van der Waals surface area contributed by atoms with Gasteiger partial charge in [-0.3, -0.25) is 4.79 Å². The average molecular weight is 383 g/mol. The summed E-state index contributed by atoms with van der Waals surface area (Å²) in [6, 6.07) is 0. The highest BCUT2D eigenvalue weighted by Gasteiger charge is 2.57. The summed E-state index contributed by atoms with van der Waals surface area (Å²) < 4.78 is 5.76. The molecule has 156 valence electrons. The van der Waals surface area contributed by atoms with Gasteiger partial charge < -0.3 is 20.1 Å². The molecule has 0 saturated heterocycles. The zero-order valence-electron chi connectivity index (χ0n) is 17.6. The second kappa shape index (κ2) is 7.84. The molecule has 0 aromatic rings. The summed E-state index contributed by atoms with van der Waals surface area (Å²) in [6.07, 6.45) is 3.67. The molecule has 2 aliphatic rings. The lowest BCUT2D eigenvalue weighted by Gasteiger charge is -2.60. The number of ether oxygens (including phenoxy) is 1. The monoisotopic (exact) mass is 382 g/mol. The summed E-state index contributed by atoms with van der Waals surface area (Å²) >= 11 is 0.